The number of rotatable bonds is 2. The van der Waals surface area contributed by atoms with Gasteiger partial charge in [-0.15, -0.1) is 0 Å². The molecule has 0 atom stereocenters. The first-order chi connectivity index (χ1) is 6.74. The van der Waals surface area contributed by atoms with Gasteiger partial charge in [0.15, 0.2) is 5.69 Å². The van der Waals surface area contributed by atoms with Crippen molar-refractivity contribution < 1.29 is 9.53 Å². The molecule has 14 heavy (non-hydrogen) atoms. The largest absolute Gasteiger partial charge is 0.461 e. The van der Waals surface area contributed by atoms with E-state index in [0.717, 1.165) is 24.9 Å². The van der Waals surface area contributed by atoms with Gasteiger partial charge in [0.05, 0.1) is 6.61 Å². The summed E-state index contributed by atoms with van der Waals surface area (Å²) in [6.45, 7) is 5.07. The van der Waals surface area contributed by atoms with Gasteiger partial charge < -0.3 is 4.74 Å². The molecule has 0 bridgehead atoms. The molecular weight excluding hydrogens is 180 g/mol. The van der Waals surface area contributed by atoms with Gasteiger partial charge >= 0.3 is 5.97 Å². The SMILES string of the molecule is CCOC(=O)c1nn2c(c1C)CCC2. The van der Waals surface area contributed by atoms with E-state index in [1.165, 1.54) is 5.69 Å². The van der Waals surface area contributed by atoms with Crippen molar-refractivity contribution in [3.05, 3.63) is 17.0 Å². The second-order valence-corrected chi connectivity index (χ2v) is 3.47. The molecule has 2 heterocycles. The van der Waals surface area contributed by atoms with E-state index in [0.29, 0.717) is 12.3 Å². The lowest BCUT2D eigenvalue weighted by Crippen LogP contribution is -2.08. The number of fused-ring (bicyclic) bond motifs is 1. The Morgan fingerprint density at radius 2 is 2.43 bits per heavy atom. The quantitative estimate of drug-likeness (QED) is 0.667. The van der Waals surface area contributed by atoms with Gasteiger partial charge in [-0.3, -0.25) is 4.68 Å². The predicted octanol–water partition coefficient (Wildman–Crippen LogP) is 1.31. The summed E-state index contributed by atoms with van der Waals surface area (Å²) in [5, 5.41) is 4.25. The maximum absolute atomic E-state index is 11.5. The zero-order chi connectivity index (χ0) is 10.1. The third-order valence-corrected chi connectivity index (χ3v) is 2.57. The van der Waals surface area contributed by atoms with Crippen LogP contribution in [0.25, 0.3) is 0 Å². The number of hydrogen-bond acceptors (Lipinski definition) is 3. The van der Waals surface area contributed by atoms with Crippen LogP contribution in [0.5, 0.6) is 0 Å². The molecular formula is C10H14N2O2. The molecule has 1 aromatic heterocycles. The molecule has 0 spiro atoms. The van der Waals surface area contributed by atoms with Gasteiger partial charge in [-0.05, 0) is 26.7 Å². The number of hydrogen-bond donors (Lipinski definition) is 0. The Morgan fingerprint density at radius 3 is 3.07 bits per heavy atom. The highest BCUT2D eigenvalue weighted by Gasteiger charge is 2.23. The first-order valence-electron chi connectivity index (χ1n) is 4.97. The maximum Gasteiger partial charge on any atom is 0.359 e. The molecule has 0 fully saturated rings. The van der Waals surface area contributed by atoms with Crippen molar-refractivity contribution in [3.8, 4) is 0 Å². The number of esters is 1. The summed E-state index contributed by atoms with van der Waals surface area (Å²) in [5.74, 6) is -0.299. The fourth-order valence-electron chi connectivity index (χ4n) is 1.88. The summed E-state index contributed by atoms with van der Waals surface area (Å²) in [7, 11) is 0. The third kappa shape index (κ3) is 1.31. The highest BCUT2D eigenvalue weighted by Crippen LogP contribution is 2.21. The molecule has 4 heteroatoms. The third-order valence-electron chi connectivity index (χ3n) is 2.57. The highest BCUT2D eigenvalue weighted by molar-refractivity contribution is 5.89. The number of aryl methyl sites for hydroxylation is 1. The lowest BCUT2D eigenvalue weighted by atomic mass is 10.1. The van der Waals surface area contributed by atoms with Crippen LogP contribution in [0.3, 0.4) is 0 Å². The van der Waals surface area contributed by atoms with E-state index in [2.05, 4.69) is 5.10 Å². The summed E-state index contributed by atoms with van der Waals surface area (Å²) in [6.07, 6.45) is 2.16. The normalized spacial score (nSPS) is 14.1. The zero-order valence-corrected chi connectivity index (χ0v) is 8.54. The van der Waals surface area contributed by atoms with Crippen LogP contribution in [0, 0.1) is 6.92 Å². The first kappa shape index (κ1) is 9.24. The van der Waals surface area contributed by atoms with E-state index >= 15 is 0 Å². The smallest absolute Gasteiger partial charge is 0.359 e. The summed E-state index contributed by atoms with van der Waals surface area (Å²) >= 11 is 0. The first-order valence-corrected chi connectivity index (χ1v) is 4.97. The van der Waals surface area contributed by atoms with Crippen molar-refractivity contribution in [1.29, 1.82) is 0 Å². The lowest BCUT2D eigenvalue weighted by molar-refractivity contribution is 0.0517. The van der Waals surface area contributed by atoms with Crippen molar-refractivity contribution in [1.82, 2.24) is 9.78 Å². The van der Waals surface area contributed by atoms with Gasteiger partial charge in [0.1, 0.15) is 0 Å². The molecule has 1 aliphatic heterocycles. The van der Waals surface area contributed by atoms with Gasteiger partial charge in [-0.2, -0.15) is 5.10 Å². The van der Waals surface area contributed by atoms with Crippen molar-refractivity contribution in [3.63, 3.8) is 0 Å². The van der Waals surface area contributed by atoms with Crippen LogP contribution in [0.1, 0.15) is 35.1 Å². The van der Waals surface area contributed by atoms with Crippen molar-refractivity contribution in [2.45, 2.75) is 33.2 Å². The van der Waals surface area contributed by atoms with Crippen LogP contribution in [0.2, 0.25) is 0 Å². The second-order valence-electron chi connectivity index (χ2n) is 3.47. The minimum Gasteiger partial charge on any atom is -0.461 e. The molecule has 0 N–H and O–H groups in total. The Hall–Kier alpha value is -1.32. The zero-order valence-electron chi connectivity index (χ0n) is 8.54. The van der Waals surface area contributed by atoms with E-state index in [9.17, 15) is 4.79 Å². The van der Waals surface area contributed by atoms with Crippen LogP contribution in [0.4, 0.5) is 0 Å². The molecule has 0 amide bonds. The van der Waals surface area contributed by atoms with Crippen molar-refractivity contribution >= 4 is 5.97 Å². The molecule has 76 valence electrons. The van der Waals surface area contributed by atoms with E-state index in [1.807, 2.05) is 11.6 Å². The molecule has 2 rings (SSSR count). The molecule has 0 aromatic carbocycles. The van der Waals surface area contributed by atoms with E-state index < -0.39 is 0 Å². The second kappa shape index (κ2) is 3.44. The number of carbonyl (C=O) groups excluding carboxylic acids is 1. The van der Waals surface area contributed by atoms with Gasteiger partial charge in [0.2, 0.25) is 0 Å². The van der Waals surface area contributed by atoms with Crippen LogP contribution in [-0.2, 0) is 17.7 Å². The van der Waals surface area contributed by atoms with Crippen LogP contribution in [0.15, 0.2) is 0 Å². The standard InChI is InChI=1S/C10H14N2O2/c1-3-14-10(13)9-7(2)8-5-4-6-12(8)11-9/h3-6H2,1-2H3. The Bertz CT molecular complexity index is 368. The Labute approximate surface area is 82.9 Å². The van der Waals surface area contributed by atoms with E-state index in [4.69, 9.17) is 4.74 Å². The van der Waals surface area contributed by atoms with Gasteiger partial charge in [0, 0.05) is 17.8 Å². The molecule has 1 aliphatic rings. The fourth-order valence-corrected chi connectivity index (χ4v) is 1.88. The monoisotopic (exact) mass is 194 g/mol. The van der Waals surface area contributed by atoms with Crippen LogP contribution >= 0.6 is 0 Å². The topological polar surface area (TPSA) is 44.1 Å². The Balaban J connectivity index is 2.32. The summed E-state index contributed by atoms with van der Waals surface area (Å²) in [5.41, 5.74) is 2.66. The molecule has 4 nitrogen and oxygen atoms in total. The predicted molar refractivity (Wildman–Crippen MR) is 51.2 cm³/mol. The molecule has 0 aliphatic carbocycles. The van der Waals surface area contributed by atoms with Gasteiger partial charge in [-0.25, -0.2) is 4.79 Å². The summed E-state index contributed by atoms with van der Waals surface area (Å²) in [6, 6.07) is 0. The minimum atomic E-state index is -0.299. The highest BCUT2D eigenvalue weighted by atomic mass is 16.5. The lowest BCUT2D eigenvalue weighted by Gasteiger charge is -1.99. The van der Waals surface area contributed by atoms with Gasteiger partial charge in [-0.1, -0.05) is 0 Å². The minimum absolute atomic E-state index is 0.299. The van der Waals surface area contributed by atoms with Crippen molar-refractivity contribution in [2.24, 2.45) is 0 Å². The number of nitrogens with zero attached hydrogens (tertiary/aromatic N) is 2. The number of carbonyl (C=O) groups is 1. The van der Waals surface area contributed by atoms with Crippen LogP contribution in [-0.4, -0.2) is 22.4 Å². The summed E-state index contributed by atoms with van der Waals surface area (Å²) < 4.78 is 6.85. The Kier molecular flexibility index (Phi) is 2.27. The fraction of sp³-hybridized carbons (Fsp3) is 0.600. The van der Waals surface area contributed by atoms with E-state index in [1.54, 1.807) is 6.92 Å². The Morgan fingerprint density at radius 1 is 1.64 bits per heavy atom. The van der Waals surface area contributed by atoms with E-state index in [-0.39, 0.29) is 5.97 Å². The molecule has 0 saturated heterocycles. The average Bonchev–Trinajstić information content (AvgIpc) is 2.69. The molecule has 1 aromatic rings. The van der Waals surface area contributed by atoms with Gasteiger partial charge in [0.25, 0.3) is 0 Å². The van der Waals surface area contributed by atoms with Crippen LogP contribution < -0.4 is 0 Å². The molecule has 0 unspecified atom stereocenters. The number of ether oxygens (including phenoxy) is 1. The summed E-state index contributed by atoms with van der Waals surface area (Å²) in [4.78, 5) is 11.5. The maximum atomic E-state index is 11.5. The average molecular weight is 194 g/mol. The molecule has 0 radical (unpaired) electrons. The van der Waals surface area contributed by atoms with Crippen molar-refractivity contribution in [2.75, 3.05) is 6.61 Å². The molecule has 0 saturated carbocycles. The number of aromatic nitrogens is 2.